The molecule has 0 aliphatic carbocycles. The lowest BCUT2D eigenvalue weighted by Gasteiger charge is -2.14. The summed E-state index contributed by atoms with van der Waals surface area (Å²) in [6, 6.07) is 5.06. The highest BCUT2D eigenvalue weighted by Crippen LogP contribution is 2.31. The number of benzene rings is 1. The Kier molecular flexibility index (Phi) is 6.40. The minimum absolute atomic E-state index is 0.0145. The van der Waals surface area contributed by atoms with E-state index in [2.05, 4.69) is 20.1 Å². The quantitative estimate of drug-likeness (QED) is 0.766. The average molecular weight is 425 g/mol. The molecule has 0 saturated heterocycles. The van der Waals surface area contributed by atoms with Crippen molar-refractivity contribution in [1.29, 1.82) is 0 Å². The van der Waals surface area contributed by atoms with E-state index in [-0.39, 0.29) is 5.75 Å². The summed E-state index contributed by atoms with van der Waals surface area (Å²) in [4.78, 5) is 12.4. The Hall–Kier alpha value is -1.93. The van der Waals surface area contributed by atoms with Crippen LogP contribution >= 0.6 is 11.6 Å². The van der Waals surface area contributed by atoms with Crippen LogP contribution in [0.15, 0.2) is 18.2 Å². The third kappa shape index (κ3) is 4.38. The van der Waals surface area contributed by atoms with Crippen LogP contribution < -0.4 is 5.32 Å². The summed E-state index contributed by atoms with van der Waals surface area (Å²) in [6.07, 6.45) is 4.65. The maximum atomic E-state index is 12.4. The molecular weight excluding hydrogens is 400 g/mol. The number of aryl methyl sites for hydroxylation is 1. The highest BCUT2D eigenvalue weighted by Gasteiger charge is 2.27. The summed E-state index contributed by atoms with van der Waals surface area (Å²) >= 11 is 6.39. The first kappa shape index (κ1) is 20.8. The van der Waals surface area contributed by atoms with Crippen LogP contribution in [-0.2, 0) is 27.6 Å². The number of halogens is 1. The van der Waals surface area contributed by atoms with Crippen molar-refractivity contribution in [2.45, 2.75) is 57.7 Å². The molecule has 1 amide bonds. The monoisotopic (exact) mass is 424 g/mol. The van der Waals surface area contributed by atoms with Crippen molar-refractivity contribution in [3.05, 3.63) is 29.0 Å². The number of hydrogen-bond acceptors (Lipinski definition) is 5. The van der Waals surface area contributed by atoms with E-state index in [1.165, 1.54) is 6.92 Å². The fourth-order valence-electron chi connectivity index (χ4n) is 3.33. The van der Waals surface area contributed by atoms with E-state index in [4.69, 9.17) is 11.6 Å². The predicted molar refractivity (Wildman–Crippen MR) is 110 cm³/mol. The molecule has 152 valence electrons. The van der Waals surface area contributed by atoms with Crippen LogP contribution in [0.1, 0.15) is 45.4 Å². The standard InChI is InChI=1S/C19H25ClN4O3S/c1-3-11-28(26,27)13(2)19(25)21-14-8-9-16(20)15(12-14)18-23-22-17-7-5-4-6-10-24(17)18/h8-9,12-13H,3-7,10-11H2,1-2H3,(H,21,25). The lowest BCUT2D eigenvalue weighted by molar-refractivity contribution is -0.115. The number of nitrogens with one attached hydrogen (secondary N) is 1. The Morgan fingerprint density at radius 3 is 2.82 bits per heavy atom. The van der Waals surface area contributed by atoms with Crippen LogP contribution in [0.5, 0.6) is 0 Å². The smallest absolute Gasteiger partial charge is 0.242 e. The fourth-order valence-corrected chi connectivity index (χ4v) is 4.84. The van der Waals surface area contributed by atoms with Crippen LogP contribution in [0.2, 0.25) is 5.02 Å². The zero-order valence-corrected chi connectivity index (χ0v) is 17.7. The molecule has 0 fully saturated rings. The molecule has 0 spiro atoms. The molecule has 1 unspecified atom stereocenters. The largest absolute Gasteiger partial charge is 0.325 e. The number of anilines is 1. The van der Waals surface area contributed by atoms with E-state index < -0.39 is 21.0 Å². The molecule has 9 heteroatoms. The van der Waals surface area contributed by atoms with E-state index in [0.29, 0.717) is 28.5 Å². The Bertz CT molecular complexity index is 972. The topological polar surface area (TPSA) is 93.9 Å². The second-order valence-corrected chi connectivity index (χ2v) is 9.94. The normalized spacial score (nSPS) is 15.5. The summed E-state index contributed by atoms with van der Waals surface area (Å²) < 4.78 is 26.4. The van der Waals surface area contributed by atoms with Gasteiger partial charge in [0.25, 0.3) is 0 Å². The van der Waals surface area contributed by atoms with Gasteiger partial charge in [-0.05, 0) is 44.4 Å². The third-order valence-electron chi connectivity index (χ3n) is 4.98. The van der Waals surface area contributed by atoms with Crippen LogP contribution in [0.25, 0.3) is 11.4 Å². The second-order valence-electron chi connectivity index (χ2n) is 7.10. The first-order valence-electron chi connectivity index (χ1n) is 9.58. The van der Waals surface area contributed by atoms with Crippen molar-refractivity contribution in [3.63, 3.8) is 0 Å². The molecule has 0 radical (unpaired) electrons. The van der Waals surface area contributed by atoms with E-state index in [1.807, 2.05) is 0 Å². The van der Waals surface area contributed by atoms with Gasteiger partial charge in [-0.15, -0.1) is 10.2 Å². The van der Waals surface area contributed by atoms with E-state index in [9.17, 15) is 13.2 Å². The van der Waals surface area contributed by atoms with Gasteiger partial charge in [0, 0.05) is 24.2 Å². The van der Waals surface area contributed by atoms with Gasteiger partial charge < -0.3 is 9.88 Å². The lowest BCUT2D eigenvalue weighted by atomic mass is 10.1. The fraction of sp³-hybridized carbons (Fsp3) is 0.526. The molecule has 0 bridgehead atoms. The van der Waals surface area contributed by atoms with Gasteiger partial charge in [0.1, 0.15) is 11.1 Å². The molecule has 1 atom stereocenters. The number of fused-ring (bicyclic) bond motifs is 1. The number of carbonyl (C=O) groups excluding carboxylic acids is 1. The number of carbonyl (C=O) groups is 1. The molecule has 1 aromatic heterocycles. The van der Waals surface area contributed by atoms with Gasteiger partial charge in [0.05, 0.1) is 10.8 Å². The van der Waals surface area contributed by atoms with E-state index in [1.54, 1.807) is 25.1 Å². The Labute approximate surface area is 170 Å². The molecule has 1 aromatic carbocycles. The number of hydrogen-bond donors (Lipinski definition) is 1. The second kappa shape index (κ2) is 8.61. The highest BCUT2D eigenvalue weighted by molar-refractivity contribution is 7.92. The van der Waals surface area contributed by atoms with E-state index >= 15 is 0 Å². The van der Waals surface area contributed by atoms with Crippen LogP contribution in [-0.4, -0.2) is 40.1 Å². The molecule has 1 aliphatic rings. The third-order valence-corrected chi connectivity index (χ3v) is 7.58. The molecule has 1 aliphatic heterocycles. The van der Waals surface area contributed by atoms with Crippen molar-refractivity contribution < 1.29 is 13.2 Å². The number of amides is 1. The summed E-state index contributed by atoms with van der Waals surface area (Å²) in [5.74, 6) is 1.04. The molecule has 0 saturated carbocycles. The van der Waals surface area contributed by atoms with Gasteiger partial charge in [0.15, 0.2) is 15.7 Å². The zero-order chi connectivity index (χ0) is 20.3. The van der Waals surface area contributed by atoms with Crippen LogP contribution in [0, 0.1) is 0 Å². The van der Waals surface area contributed by atoms with Crippen molar-refractivity contribution in [1.82, 2.24) is 14.8 Å². The Balaban J connectivity index is 1.87. The van der Waals surface area contributed by atoms with Gasteiger partial charge in [-0.25, -0.2) is 8.42 Å². The van der Waals surface area contributed by atoms with Crippen molar-refractivity contribution >= 4 is 33.0 Å². The first-order chi connectivity index (χ1) is 13.3. The van der Waals surface area contributed by atoms with Gasteiger partial charge in [-0.3, -0.25) is 4.79 Å². The van der Waals surface area contributed by atoms with E-state index in [0.717, 1.165) is 38.1 Å². The van der Waals surface area contributed by atoms with Crippen molar-refractivity contribution in [3.8, 4) is 11.4 Å². The number of sulfone groups is 1. The summed E-state index contributed by atoms with van der Waals surface area (Å²) in [5.41, 5.74) is 1.15. The van der Waals surface area contributed by atoms with Crippen LogP contribution in [0.4, 0.5) is 5.69 Å². The van der Waals surface area contributed by atoms with Gasteiger partial charge >= 0.3 is 0 Å². The average Bonchev–Trinajstić information content (AvgIpc) is 2.90. The van der Waals surface area contributed by atoms with Crippen molar-refractivity contribution in [2.75, 3.05) is 11.1 Å². The lowest BCUT2D eigenvalue weighted by Crippen LogP contribution is -2.34. The summed E-state index contributed by atoms with van der Waals surface area (Å²) in [7, 11) is -3.47. The van der Waals surface area contributed by atoms with Crippen LogP contribution in [0.3, 0.4) is 0 Å². The van der Waals surface area contributed by atoms with Gasteiger partial charge in [-0.1, -0.05) is 24.9 Å². The zero-order valence-electron chi connectivity index (χ0n) is 16.1. The number of rotatable bonds is 6. The maximum absolute atomic E-state index is 12.4. The molecule has 28 heavy (non-hydrogen) atoms. The minimum atomic E-state index is -3.47. The molecule has 3 rings (SSSR count). The summed E-state index contributed by atoms with van der Waals surface area (Å²) in [5, 5.41) is 10.7. The Morgan fingerprint density at radius 1 is 1.29 bits per heavy atom. The SMILES string of the molecule is CCCS(=O)(=O)C(C)C(=O)Nc1ccc(Cl)c(-c2nnc3n2CCCCC3)c1. The molecular formula is C19H25ClN4O3S. The maximum Gasteiger partial charge on any atom is 0.242 e. The van der Waals surface area contributed by atoms with Gasteiger partial charge in [-0.2, -0.15) is 0 Å². The number of aromatic nitrogens is 3. The molecule has 7 nitrogen and oxygen atoms in total. The molecule has 2 heterocycles. The predicted octanol–water partition coefficient (Wildman–Crippen LogP) is 3.48. The Morgan fingerprint density at radius 2 is 2.07 bits per heavy atom. The summed E-state index contributed by atoms with van der Waals surface area (Å²) in [6.45, 7) is 4.02. The number of nitrogens with zero attached hydrogens (tertiary/aromatic N) is 3. The molecule has 1 N–H and O–H groups in total. The van der Waals surface area contributed by atoms with Crippen molar-refractivity contribution in [2.24, 2.45) is 0 Å². The highest BCUT2D eigenvalue weighted by atomic mass is 35.5. The first-order valence-corrected chi connectivity index (χ1v) is 11.7. The molecule has 2 aromatic rings. The minimum Gasteiger partial charge on any atom is -0.325 e. The van der Waals surface area contributed by atoms with Gasteiger partial charge in [0.2, 0.25) is 5.91 Å².